The van der Waals surface area contributed by atoms with Crippen LogP contribution < -0.4 is 5.01 Å². The van der Waals surface area contributed by atoms with Gasteiger partial charge in [0.25, 0.3) is 0 Å². The van der Waals surface area contributed by atoms with Gasteiger partial charge in [0, 0.05) is 49.9 Å². The predicted octanol–water partition coefficient (Wildman–Crippen LogP) is 5.50. The number of carbonyl (C=O) groups is 1. The Bertz CT molecular complexity index is 1110. The van der Waals surface area contributed by atoms with Crippen molar-refractivity contribution in [3.63, 3.8) is 0 Å². The third-order valence-corrected chi connectivity index (χ3v) is 8.30. The van der Waals surface area contributed by atoms with Crippen LogP contribution in [0.1, 0.15) is 26.7 Å². The first kappa shape index (κ1) is 27.7. The third-order valence-electron chi connectivity index (χ3n) is 6.97. The summed E-state index contributed by atoms with van der Waals surface area (Å²) in [5.41, 5.74) is 3.84. The summed E-state index contributed by atoms with van der Waals surface area (Å²) in [4.78, 5) is 17.0. The zero-order chi connectivity index (χ0) is 22.8. The highest BCUT2D eigenvalue weighted by molar-refractivity contribution is 8.01. The van der Waals surface area contributed by atoms with Crippen molar-refractivity contribution in [1.82, 2.24) is 14.5 Å². The fourth-order valence-corrected chi connectivity index (χ4v) is 5.94. The molecular formula is C27H36Cl2N4OS. The molecular weight excluding hydrogens is 499 g/mol. The predicted molar refractivity (Wildman–Crippen MR) is 154 cm³/mol. The highest BCUT2D eigenvalue weighted by Gasteiger charge is 2.38. The fraction of sp³-hybridized carbons (Fsp3) is 0.444. The van der Waals surface area contributed by atoms with E-state index in [-0.39, 0.29) is 29.6 Å². The molecule has 0 N–H and O–H groups in total. The second-order valence-electron chi connectivity index (χ2n) is 9.63. The van der Waals surface area contributed by atoms with Crippen LogP contribution in [0.2, 0.25) is 0 Å². The van der Waals surface area contributed by atoms with Gasteiger partial charge in [0.05, 0.1) is 16.1 Å². The molecule has 0 saturated carbocycles. The summed E-state index contributed by atoms with van der Waals surface area (Å²) in [7, 11) is 0. The van der Waals surface area contributed by atoms with Gasteiger partial charge in [0.1, 0.15) is 0 Å². The number of para-hydroxylation sites is 1. The minimum Gasteiger partial charge on any atom is -0.332 e. The molecule has 190 valence electrons. The summed E-state index contributed by atoms with van der Waals surface area (Å²) in [6, 6.07) is 19.4. The molecule has 0 unspecified atom stereocenters. The molecule has 0 spiro atoms. The molecule has 0 atom stereocenters. The summed E-state index contributed by atoms with van der Waals surface area (Å²) < 4.78 is 2.13. The molecule has 5 nitrogen and oxygen atoms in total. The number of hydrogen-bond acceptors (Lipinski definition) is 4. The monoisotopic (exact) mass is 534 g/mol. The molecule has 1 aromatic heterocycles. The van der Waals surface area contributed by atoms with Gasteiger partial charge in [-0.3, -0.25) is 14.4 Å². The number of nitrogens with zero attached hydrogens (tertiary/aromatic N) is 4. The number of rotatable bonds is 7. The summed E-state index contributed by atoms with van der Waals surface area (Å²) >= 11 is 1.76. The molecule has 0 bridgehead atoms. The normalized spacial score (nSPS) is 17.9. The van der Waals surface area contributed by atoms with Gasteiger partial charge in [-0.05, 0) is 44.9 Å². The lowest BCUT2D eigenvalue weighted by molar-refractivity contribution is -0.130. The number of fused-ring (bicyclic) bond motifs is 1. The van der Waals surface area contributed by atoms with Crippen molar-refractivity contribution in [3.8, 4) is 11.1 Å². The number of amides is 1. The van der Waals surface area contributed by atoms with Gasteiger partial charge in [0.2, 0.25) is 5.91 Å². The SMILES string of the molecule is CC1(C)SCN(CCCCN2CCN(n3cc(-c4ccccc4)c4ccccc43)CC2)C1=O.Cl.Cl. The quantitative estimate of drug-likeness (QED) is 0.374. The molecule has 2 aliphatic heterocycles. The highest BCUT2D eigenvalue weighted by Crippen LogP contribution is 2.34. The van der Waals surface area contributed by atoms with E-state index in [0.717, 1.165) is 58.0 Å². The van der Waals surface area contributed by atoms with Crippen LogP contribution in [0.25, 0.3) is 22.0 Å². The maximum atomic E-state index is 12.4. The van der Waals surface area contributed by atoms with Crippen LogP contribution in [0.15, 0.2) is 60.8 Å². The molecule has 2 fully saturated rings. The first-order chi connectivity index (χ1) is 16.0. The molecule has 5 rings (SSSR count). The van der Waals surface area contributed by atoms with Gasteiger partial charge < -0.3 is 9.91 Å². The Labute approximate surface area is 225 Å². The minimum atomic E-state index is -0.237. The summed E-state index contributed by atoms with van der Waals surface area (Å²) in [6.45, 7) is 10.3. The summed E-state index contributed by atoms with van der Waals surface area (Å²) in [5.74, 6) is 1.15. The van der Waals surface area contributed by atoms with Crippen molar-refractivity contribution >= 4 is 53.4 Å². The van der Waals surface area contributed by atoms with Crippen molar-refractivity contribution in [2.24, 2.45) is 0 Å². The average molecular weight is 536 g/mol. The molecule has 0 radical (unpaired) electrons. The maximum absolute atomic E-state index is 12.4. The molecule has 2 saturated heterocycles. The molecule has 3 aromatic rings. The number of piperazine rings is 1. The van der Waals surface area contributed by atoms with E-state index in [9.17, 15) is 4.79 Å². The zero-order valence-electron chi connectivity index (χ0n) is 20.6. The first-order valence-electron chi connectivity index (χ1n) is 12.1. The van der Waals surface area contributed by atoms with E-state index in [2.05, 4.69) is 75.4 Å². The Balaban J connectivity index is 0.00000171. The number of hydrogen-bond donors (Lipinski definition) is 0. The van der Waals surface area contributed by atoms with Gasteiger partial charge in [-0.15, -0.1) is 36.6 Å². The van der Waals surface area contributed by atoms with E-state index < -0.39 is 0 Å². The van der Waals surface area contributed by atoms with E-state index in [4.69, 9.17) is 0 Å². The number of aromatic nitrogens is 1. The summed E-state index contributed by atoms with van der Waals surface area (Å²) in [5, 5.41) is 3.79. The van der Waals surface area contributed by atoms with Gasteiger partial charge >= 0.3 is 0 Å². The van der Waals surface area contributed by atoms with Gasteiger partial charge in [-0.25, -0.2) is 0 Å². The lowest BCUT2D eigenvalue weighted by Crippen LogP contribution is -2.51. The van der Waals surface area contributed by atoms with E-state index >= 15 is 0 Å². The lowest BCUT2D eigenvalue weighted by Gasteiger charge is -2.37. The van der Waals surface area contributed by atoms with E-state index in [1.165, 1.54) is 22.0 Å². The molecule has 0 aliphatic carbocycles. The Morgan fingerprint density at radius 2 is 1.51 bits per heavy atom. The number of thioether (sulfide) groups is 1. The van der Waals surface area contributed by atoms with Crippen LogP contribution in [-0.4, -0.2) is 70.3 Å². The van der Waals surface area contributed by atoms with Crippen LogP contribution in [0.4, 0.5) is 0 Å². The van der Waals surface area contributed by atoms with Crippen LogP contribution >= 0.6 is 36.6 Å². The number of unbranched alkanes of at least 4 members (excludes halogenated alkanes) is 1. The van der Waals surface area contributed by atoms with E-state index in [1.807, 2.05) is 18.7 Å². The largest absolute Gasteiger partial charge is 0.332 e. The molecule has 2 aliphatic rings. The number of benzene rings is 2. The smallest absolute Gasteiger partial charge is 0.238 e. The minimum absolute atomic E-state index is 0. The Kier molecular flexibility index (Phi) is 9.44. The fourth-order valence-electron chi connectivity index (χ4n) is 4.97. The maximum Gasteiger partial charge on any atom is 0.238 e. The molecule has 3 heterocycles. The van der Waals surface area contributed by atoms with Crippen LogP contribution in [-0.2, 0) is 4.79 Å². The van der Waals surface area contributed by atoms with Crippen molar-refractivity contribution in [1.29, 1.82) is 0 Å². The summed E-state index contributed by atoms with van der Waals surface area (Å²) in [6.07, 6.45) is 4.55. The Morgan fingerprint density at radius 1 is 0.857 bits per heavy atom. The van der Waals surface area contributed by atoms with Crippen LogP contribution in [0, 0.1) is 0 Å². The standard InChI is InChI=1S/C27H34N4OS.2ClH/c1-27(2)26(32)29(21-33-27)15-9-8-14-28-16-18-30(19-17-28)31-20-24(22-10-4-3-5-11-22)23-12-6-7-13-25(23)31;;/h3-7,10-13,20H,8-9,14-19,21H2,1-2H3;2*1H. The van der Waals surface area contributed by atoms with Crippen molar-refractivity contribution in [2.45, 2.75) is 31.4 Å². The number of halogens is 2. The number of carbonyl (C=O) groups excluding carboxylic acids is 1. The average Bonchev–Trinajstić information content (AvgIpc) is 3.35. The van der Waals surface area contributed by atoms with Crippen molar-refractivity contribution < 1.29 is 4.79 Å². The lowest BCUT2D eigenvalue weighted by atomic mass is 10.1. The first-order valence-corrected chi connectivity index (χ1v) is 13.1. The van der Waals surface area contributed by atoms with Gasteiger partial charge in [0.15, 0.2) is 0 Å². The molecule has 35 heavy (non-hydrogen) atoms. The van der Waals surface area contributed by atoms with E-state index in [1.54, 1.807) is 11.8 Å². The molecule has 2 aromatic carbocycles. The van der Waals surface area contributed by atoms with Crippen molar-refractivity contribution in [2.75, 3.05) is 50.2 Å². The Hall–Kier alpha value is -1.86. The van der Waals surface area contributed by atoms with E-state index in [0.29, 0.717) is 5.91 Å². The Morgan fingerprint density at radius 3 is 2.20 bits per heavy atom. The van der Waals surface area contributed by atoms with Crippen molar-refractivity contribution in [3.05, 3.63) is 60.8 Å². The van der Waals surface area contributed by atoms with Crippen LogP contribution in [0.5, 0.6) is 0 Å². The van der Waals surface area contributed by atoms with Gasteiger partial charge in [-0.2, -0.15) is 0 Å². The third kappa shape index (κ3) is 5.93. The highest BCUT2D eigenvalue weighted by atomic mass is 35.5. The topological polar surface area (TPSA) is 31.7 Å². The second kappa shape index (κ2) is 11.9. The van der Waals surface area contributed by atoms with Crippen LogP contribution in [0.3, 0.4) is 0 Å². The molecule has 1 amide bonds. The zero-order valence-corrected chi connectivity index (χ0v) is 23.0. The van der Waals surface area contributed by atoms with Gasteiger partial charge in [-0.1, -0.05) is 48.5 Å². The molecule has 8 heteroatoms. The second-order valence-corrected chi connectivity index (χ2v) is 11.2.